The summed E-state index contributed by atoms with van der Waals surface area (Å²) < 4.78 is 4.47. The van der Waals surface area contributed by atoms with Crippen molar-refractivity contribution >= 4 is 28.9 Å². The lowest BCUT2D eigenvalue weighted by Gasteiger charge is -1.94. The molecule has 2 heterocycles. The highest BCUT2D eigenvalue weighted by atomic mass is 16.5. The van der Waals surface area contributed by atoms with Crippen molar-refractivity contribution in [2.24, 2.45) is 0 Å². The number of nitrogens with zero attached hydrogens (tertiary/aromatic N) is 3. The van der Waals surface area contributed by atoms with Crippen LogP contribution in [0.4, 0.5) is 5.82 Å². The first kappa shape index (κ1) is 10.1. The number of fused-ring (bicyclic) bond motifs is 1. The maximum atomic E-state index is 10.9. The second-order valence-corrected chi connectivity index (χ2v) is 2.95. The van der Waals surface area contributed by atoms with Gasteiger partial charge in [0.15, 0.2) is 5.65 Å². The van der Waals surface area contributed by atoms with Crippen molar-refractivity contribution in [2.75, 3.05) is 12.8 Å². The third kappa shape index (κ3) is 1.70. The van der Waals surface area contributed by atoms with Crippen LogP contribution in [0, 0.1) is 0 Å². The highest BCUT2D eigenvalue weighted by Crippen LogP contribution is 2.19. The number of hydrogen-bond donors (Lipinski definition) is 2. The lowest BCUT2D eigenvalue weighted by Crippen LogP contribution is -1.94. The van der Waals surface area contributed by atoms with Crippen molar-refractivity contribution in [1.29, 1.82) is 0 Å². The molecule has 0 fully saturated rings. The van der Waals surface area contributed by atoms with E-state index in [2.05, 4.69) is 24.9 Å². The Kier molecular flexibility index (Phi) is 2.50. The van der Waals surface area contributed by atoms with E-state index in [-0.39, 0.29) is 0 Å². The molecule has 7 nitrogen and oxygen atoms in total. The lowest BCUT2D eigenvalue weighted by atomic mass is 10.2. The Hall–Kier alpha value is -2.44. The third-order valence-corrected chi connectivity index (χ3v) is 2.00. The van der Waals surface area contributed by atoms with E-state index in [9.17, 15) is 4.79 Å². The second-order valence-electron chi connectivity index (χ2n) is 2.95. The number of esters is 1. The molecule has 2 aromatic rings. The minimum absolute atomic E-state index is 0.309. The summed E-state index contributed by atoms with van der Waals surface area (Å²) in [6.07, 6.45) is 4.10. The van der Waals surface area contributed by atoms with Crippen molar-refractivity contribution in [3.63, 3.8) is 0 Å². The Bertz CT molecular complexity index is 560. The quantitative estimate of drug-likeness (QED) is 0.548. The van der Waals surface area contributed by atoms with Gasteiger partial charge in [-0.25, -0.2) is 14.8 Å². The molecule has 2 rings (SSSR count). The molecule has 0 bridgehead atoms. The van der Waals surface area contributed by atoms with Gasteiger partial charge in [-0.3, -0.25) is 5.10 Å². The van der Waals surface area contributed by atoms with Crippen molar-refractivity contribution in [2.45, 2.75) is 0 Å². The molecule has 7 heteroatoms. The molecule has 0 aromatic carbocycles. The van der Waals surface area contributed by atoms with E-state index < -0.39 is 5.97 Å². The Balaban J connectivity index is 2.46. The molecule has 0 amide bonds. The van der Waals surface area contributed by atoms with Gasteiger partial charge < -0.3 is 10.5 Å². The van der Waals surface area contributed by atoms with E-state index in [1.807, 2.05) is 0 Å². The molecule has 0 aliphatic heterocycles. The number of carbonyl (C=O) groups excluding carboxylic acids is 1. The van der Waals surface area contributed by atoms with Crippen molar-refractivity contribution in [3.8, 4) is 0 Å². The number of H-pyrrole nitrogens is 1. The fraction of sp³-hybridized carbons (Fsp3) is 0.111. The predicted octanol–water partition coefficient (Wildman–Crippen LogP) is 0.121. The topological polar surface area (TPSA) is 107 Å². The highest BCUT2D eigenvalue weighted by Gasteiger charge is 2.08. The van der Waals surface area contributed by atoms with Crippen molar-refractivity contribution in [3.05, 3.63) is 18.1 Å². The molecule has 2 aromatic heterocycles. The minimum atomic E-state index is -0.460. The second kappa shape index (κ2) is 3.97. The Morgan fingerprint density at radius 2 is 2.38 bits per heavy atom. The molecule has 0 spiro atoms. The maximum absolute atomic E-state index is 10.9. The summed E-state index contributed by atoms with van der Waals surface area (Å²) in [7, 11) is 1.30. The van der Waals surface area contributed by atoms with E-state index in [4.69, 9.17) is 5.73 Å². The van der Waals surface area contributed by atoms with Gasteiger partial charge in [-0.15, -0.1) is 0 Å². The molecule has 0 aliphatic carbocycles. The average Bonchev–Trinajstić information content (AvgIpc) is 2.70. The largest absolute Gasteiger partial charge is 0.466 e. The highest BCUT2D eigenvalue weighted by molar-refractivity contribution is 5.95. The number of aromatic amines is 1. The monoisotopic (exact) mass is 219 g/mol. The Morgan fingerprint density at radius 3 is 3.12 bits per heavy atom. The van der Waals surface area contributed by atoms with Crippen LogP contribution < -0.4 is 5.73 Å². The first-order chi connectivity index (χ1) is 7.72. The molecule has 0 saturated heterocycles. The number of nitrogens with two attached hydrogens (primary N) is 1. The molecule has 3 N–H and O–H groups in total. The Labute approximate surface area is 90.3 Å². The van der Waals surface area contributed by atoms with Crippen LogP contribution in [0.15, 0.2) is 12.4 Å². The number of aromatic nitrogens is 4. The third-order valence-electron chi connectivity index (χ3n) is 2.00. The van der Waals surface area contributed by atoms with Gasteiger partial charge in [-0.2, -0.15) is 5.10 Å². The van der Waals surface area contributed by atoms with Gasteiger partial charge in [-0.1, -0.05) is 0 Å². The van der Waals surface area contributed by atoms with E-state index in [0.29, 0.717) is 22.5 Å². The van der Waals surface area contributed by atoms with Crippen LogP contribution in [0.25, 0.3) is 17.1 Å². The fourth-order valence-electron chi connectivity index (χ4n) is 1.24. The fourth-order valence-corrected chi connectivity index (χ4v) is 1.24. The summed E-state index contributed by atoms with van der Waals surface area (Å²) in [6, 6.07) is 0. The first-order valence-corrected chi connectivity index (χ1v) is 4.43. The van der Waals surface area contributed by atoms with Crippen LogP contribution in [0.5, 0.6) is 0 Å². The van der Waals surface area contributed by atoms with Crippen LogP contribution in [0.3, 0.4) is 0 Å². The molecule has 82 valence electrons. The lowest BCUT2D eigenvalue weighted by molar-refractivity contribution is -0.134. The van der Waals surface area contributed by atoms with E-state index >= 15 is 0 Å². The van der Waals surface area contributed by atoms with Gasteiger partial charge in [0.2, 0.25) is 0 Å². The number of carbonyl (C=O) groups is 1. The molecular formula is C9H9N5O2. The van der Waals surface area contributed by atoms with Crippen LogP contribution in [-0.4, -0.2) is 33.2 Å². The van der Waals surface area contributed by atoms with Crippen molar-refractivity contribution < 1.29 is 9.53 Å². The van der Waals surface area contributed by atoms with Crippen molar-refractivity contribution in [1.82, 2.24) is 20.2 Å². The predicted molar refractivity (Wildman–Crippen MR) is 57.1 cm³/mol. The number of methoxy groups -OCH3 is 1. The maximum Gasteiger partial charge on any atom is 0.330 e. The number of rotatable bonds is 2. The standard InChI is InChI=1S/C9H9N5O2/c1-16-6(15)3-2-5-7-8(10)11-4-12-9(7)14-13-5/h2-4H,1H3,(H3,10,11,12,13,14). The van der Waals surface area contributed by atoms with Crippen LogP contribution in [0.1, 0.15) is 5.69 Å². The van der Waals surface area contributed by atoms with Crippen LogP contribution >= 0.6 is 0 Å². The smallest absolute Gasteiger partial charge is 0.330 e. The molecular weight excluding hydrogens is 210 g/mol. The van der Waals surface area contributed by atoms with Gasteiger partial charge in [-0.05, 0) is 6.08 Å². The van der Waals surface area contributed by atoms with Gasteiger partial charge >= 0.3 is 5.97 Å². The Morgan fingerprint density at radius 1 is 1.56 bits per heavy atom. The number of ether oxygens (including phenoxy) is 1. The van der Waals surface area contributed by atoms with Gasteiger partial charge in [0.25, 0.3) is 0 Å². The number of nitrogen functional groups attached to an aromatic ring is 1. The zero-order valence-corrected chi connectivity index (χ0v) is 8.47. The summed E-state index contributed by atoms with van der Waals surface area (Å²) >= 11 is 0. The van der Waals surface area contributed by atoms with E-state index in [1.54, 1.807) is 0 Å². The molecule has 0 aliphatic rings. The molecule has 0 unspecified atom stereocenters. The number of anilines is 1. The minimum Gasteiger partial charge on any atom is -0.466 e. The summed E-state index contributed by atoms with van der Waals surface area (Å²) in [5.74, 6) is -0.151. The zero-order chi connectivity index (χ0) is 11.5. The van der Waals surface area contributed by atoms with E-state index in [1.165, 1.54) is 25.6 Å². The number of nitrogens with one attached hydrogen (secondary N) is 1. The SMILES string of the molecule is COC(=O)C=Cc1[nH]nc2ncnc(N)c12. The molecule has 16 heavy (non-hydrogen) atoms. The molecule has 0 saturated carbocycles. The first-order valence-electron chi connectivity index (χ1n) is 4.43. The zero-order valence-electron chi connectivity index (χ0n) is 8.47. The molecule has 0 atom stereocenters. The van der Waals surface area contributed by atoms with E-state index in [0.717, 1.165) is 0 Å². The summed E-state index contributed by atoms with van der Waals surface area (Å²) in [5.41, 5.74) is 6.70. The van der Waals surface area contributed by atoms with Gasteiger partial charge in [0, 0.05) is 6.08 Å². The van der Waals surface area contributed by atoms with Crippen LogP contribution in [-0.2, 0) is 9.53 Å². The summed E-state index contributed by atoms with van der Waals surface area (Å²) in [4.78, 5) is 18.7. The van der Waals surface area contributed by atoms with Gasteiger partial charge in [0.05, 0.1) is 18.2 Å². The van der Waals surface area contributed by atoms with Gasteiger partial charge in [0.1, 0.15) is 12.1 Å². The molecule has 0 radical (unpaired) electrons. The normalized spacial score (nSPS) is 11.1. The number of hydrogen-bond acceptors (Lipinski definition) is 6. The summed E-state index contributed by atoms with van der Waals surface area (Å²) in [5, 5.41) is 7.22. The average molecular weight is 219 g/mol. The summed E-state index contributed by atoms with van der Waals surface area (Å²) in [6.45, 7) is 0. The van der Waals surface area contributed by atoms with Crippen LogP contribution in [0.2, 0.25) is 0 Å².